The van der Waals surface area contributed by atoms with Gasteiger partial charge in [-0.25, -0.2) is 0 Å². The van der Waals surface area contributed by atoms with E-state index in [4.69, 9.17) is 5.11 Å². The van der Waals surface area contributed by atoms with Crippen molar-refractivity contribution in [1.29, 1.82) is 0 Å². The summed E-state index contributed by atoms with van der Waals surface area (Å²) in [6.45, 7) is 0.618. The molecule has 0 heterocycles. The topological polar surface area (TPSA) is 69.6 Å². The van der Waals surface area contributed by atoms with Crippen molar-refractivity contribution < 1.29 is 14.7 Å². The molecule has 2 N–H and O–H groups in total. The summed E-state index contributed by atoms with van der Waals surface area (Å²) in [5.41, 5.74) is -0.252. The van der Waals surface area contributed by atoms with E-state index in [9.17, 15) is 9.59 Å². The van der Waals surface area contributed by atoms with Gasteiger partial charge in [0.25, 0.3) is 0 Å². The summed E-state index contributed by atoms with van der Waals surface area (Å²) in [6, 6.07) is 0. The normalized spacial score (nSPS) is 18.6. The first-order chi connectivity index (χ1) is 8.50. The van der Waals surface area contributed by atoms with Crippen LogP contribution in [0.15, 0.2) is 0 Å². The summed E-state index contributed by atoms with van der Waals surface area (Å²) < 4.78 is 0. The lowest BCUT2D eigenvalue weighted by Gasteiger charge is -2.44. The van der Waals surface area contributed by atoms with Crippen LogP contribution in [0.1, 0.15) is 44.9 Å². The first kappa shape index (κ1) is 15.0. The lowest BCUT2D eigenvalue weighted by atomic mass is 9.78. The third-order valence-corrected chi connectivity index (χ3v) is 4.03. The zero-order valence-corrected chi connectivity index (χ0v) is 11.4. The van der Waals surface area contributed by atoms with Crippen LogP contribution in [-0.2, 0) is 9.59 Å². The number of hydrogen-bond acceptors (Lipinski definition) is 3. The fraction of sp³-hybridized carbons (Fsp3) is 0.846. The smallest absolute Gasteiger partial charge is 0.305 e. The van der Waals surface area contributed by atoms with Crippen molar-refractivity contribution in [2.45, 2.75) is 50.5 Å². The second kappa shape index (κ2) is 6.73. The molecule has 1 aliphatic rings. The van der Waals surface area contributed by atoms with E-state index in [0.717, 1.165) is 25.7 Å². The van der Waals surface area contributed by atoms with Crippen LogP contribution in [0.5, 0.6) is 0 Å². The van der Waals surface area contributed by atoms with Crippen molar-refractivity contribution in [2.24, 2.45) is 0 Å². The molecule has 0 saturated heterocycles. The predicted molar refractivity (Wildman–Crippen MR) is 69.4 cm³/mol. The largest absolute Gasteiger partial charge is 0.481 e. The van der Waals surface area contributed by atoms with Crippen LogP contribution in [0.4, 0.5) is 0 Å². The second-order valence-corrected chi connectivity index (χ2v) is 5.20. The quantitative estimate of drug-likeness (QED) is 0.750. The Labute approximate surface area is 109 Å². The van der Waals surface area contributed by atoms with Gasteiger partial charge >= 0.3 is 5.97 Å². The van der Waals surface area contributed by atoms with Gasteiger partial charge in [-0.3, -0.25) is 14.5 Å². The Bertz CT molecular complexity index is 299. The molecule has 0 radical (unpaired) electrons. The number of carboxylic acids is 1. The molecule has 0 atom stereocenters. The molecule has 1 saturated carbocycles. The molecule has 1 amide bonds. The lowest BCUT2D eigenvalue weighted by molar-refractivity contribution is -0.141. The highest BCUT2D eigenvalue weighted by atomic mass is 16.4. The molecule has 0 bridgehead atoms. The molecule has 104 valence electrons. The lowest BCUT2D eigenvalue weighted by Crippen LogP contribution is -2.50. The summed E-state index contributed by atoms with van der Waals surface area (Å²) in [4.78, 5) is 24.4. The first-order valence-electron chi connectivity index (χ1n) is 6.64. The molecule has 0 aromatic rings. The monoisotopic (exact) mass is 256 g/mol. The van der Waals surface area contributed by atoms with Crippen molar-refractivity contribution >= 4 is 11.9 Å². The van der Waals surface area contributed by atoms with Crippen molar-refractivity contribution in [1.82, 2.24) is 10.2 Å². The molecule has 0 spiro atoms. The summed E-state index contributed by atoms with van der Waals surface area (Å²) in [5.74, 6) is -0.744. The van der Waals surface area contributed by atoms with Crippen molar-refractivity contribution in [3.8, 4) is 0 Å². The van der Waals surface area contributed by atoms with E-state index in [-0.39, 0.29) is 17.9 Å². The van der Waals surface area contributed by atoms with Crippen molar-refractivity contribution in [3.63, 3.8) is 0 Å². The van der Waals surface area contributed by atoms with E-state index < -0.39 is 5.97 Å². The fourth-order valence-electron chi connectivity index (χ4n) is 2.82. The van der Waals surface area contributed by atoms with Crippen LogP contribution in [-0.4, -0.2) is 48.1 Å². The Morgan fingerprint density at radius 1 is 1.28 bits per heavy atom. The van der Waals surface area contributed by atoms with E-state index in [1.54, 1.807) is 7.05 Å². The van der Waals surface area contributed by atoms with Gasteiger partial charge in [0.15, 0.2) is 0 Å². The summed E-state index contributed by atoms with van der Waals surface area (Å²) >= 11 is 0. The summed E-state index contributed by atoms with van der Waals surface area (Å²) in [5, 5.41) is 11.7. The highest BCUT2D eigenvalue weighted by molar-refractivity contribution is 5.75. The number of rotatable bonds is 6. The minimum Gasteiger partial charge on any atom is -0.481 e. The van der Waals surface area contributed by atoms with E-state index in [0.29, 0.717) is 13.0 Å². The number of carbonyl (C=O) groups is 2. The van der Waals surface area contributed by atoms with Crippen LogP contribution < -0.4 is 5.32 Å². The molecule has 1 rings (SSSR count). The molecule has 1 aliphatic carbocycles. The first-order valence-corrected chi connectivity index (χ1v) is 6.64. The van der Waals surface area contributed by atoms with Crippen LogP contribution in [0, 0.1) is 0 Å². The van der Waals surface area contributed by atoms with Crippen LogP contribution in [0.3, 0.4) is 0 Å². The number of aliphatic carboxylic acids is 1. The van der Waals surface area contributed by atoms with Crippen LogP contribution in [0.25, 0.3) is 0 Å². The van der Waals surface area contributed by atoms with Crippen LogP contribution in [0.2, 0.25) is 0 Å². The Balaban J connectivity index is 2.63. The van der Waals surface area contributed by atoms with E-state index in [2.05, 4.69) is 10.2 Å². The average Bonchev–Trinajstić information content (AvgIpc) is 2.35. The minimum atomic E-state index is -0.747. The number of amides is 1. The molecule has 0 aromatic heterocycles. The van der Waals surface area contributed by atoms with Gasteiger partial charge in [0, 0.05) is 25.6 Å². The van der Waals surface area contributed by atoms with Gasteiger partial charge in [-0.2, -0.15) is 0 Å². The molecular weight excluding hydrogens is 232 g/mol. The molecule has 18 heavy (non-hydrogen) atoms. The van der Waals surface area contributed by atoms with Gasteiger partial charge in [-0.1, -0.05) is 19.3 Å². The molecule has 0 aromatic carbocycles. The number of nitrogens with zero attached hydrogens (tertiary/aromatic N) is 1. The SMILES string of the molecule is CNC(=O)CCN(C)C1(CC(=O)O)CCCCC1. The van der Waals surface area contributed by atoms with Crippen molar-refractivity contribution in [3.05, 3.63) is 0 Å². The number of hydrogen-bond donors (Lipinski definition) is 2. The second-order valence-electron chi connectivity index (χ2n) is 5.20. The molecule has 1 fully saturated rings. The maximum Gasteiger partial charge on any atom is 0.305 e. The van der Waals surface area contributed by atoms with Gasteiger partial charge in [-0.05, 0) is 19.9 Å². The molecule has 0 unspecified atom stereocenters. The maximum atomic E-state index is 11.3. The van der Waals surface area contributed by atoms with Gasteiger partial charge < -0.3 is 10.4 Å². The predicted octanol–water partition coefficient (Wildman–Crippen LogP) is 1.23. The van der Waals surface area contributed by atoms with Crippen LogP contribution >= 0.6 is 0 Å². The van der Waals surface area contributed by atoms with Gasteiger partial charge in [0.2, 0.25) is 5.91 Å². The maximum absolute atomic E-state index is 11.3. The highest BCUT2D eigenvalue weighted by Crippen LogP contribution is 2.35. The average molecular weight is 256 g/mol. The molecule has 0 aliphatic heterocycles. The Hall–Kier alpha value is -1.10. The Morgan fingerprint density at radius 2 is 1.89 bits per heavy atom. The zero-order chi connectivity index (χ0) is 13.6. The zero-order valence-electron chi connectivity index (χ0n) is 11.4. The van der Waals surface area contributed by atoms with E-state index in [1.165, 1.54) is 6.42 Å². The number of carboxylic acid groups (broad SMARTS) is 1. The fourth-order valence-corrected chi connectivity index (χ4v) is 2.82. The molecular formula is C13H24N2O3. The number of nitrogens with one attached hydrogen (secondary N) is 1. The summed E-state index contributed by atoms with van der Waals surface area (Å²) in [7, 11) is 3.56. The number of carbonyl (C=O) groups excluding carboxylic acids is 1. The standard InChI is InChI=1S/C13H24N2O3/c1-14-11(16)6-9-15(2)13(10-12(17)18)7-4-3-5-8-13/h3-10H2,1-2H3,(H,14,16)(H,17,18). The van der Waals surface area contributed by atoms with Gasteiger partial charge in [-0.15, -0.1) is 0 Å². The van der Waals surface area contributed by atoms with Crippen molar-refractivity contribution in [2.75, 3.05) is 20.6 Å². The summed E-state index contributed by atoms with van der Waals surface area (Å²) in [6.07, 6.45) is 5.79. The van der Waals surface area contributed by atoms with E-state index in [1.807, 2.05) is 7.05 Å². The third kappa shape index (κ3) is 3.98. The molecule has 5 heteroatoms. The van der Waals surface area contributed by atoms with Gasteiger partial charge in [0.05, 0.1) is 6.42 Å². The third-order valence-electron chi connectivity index (χ3n) is 4.03. The minimum absolute atomic E-state index is 0.00290. The Morgan fingerprint density at radius 3 is 2.39 bits per heavy atom. The van der Waals surface area contributed by atoms with E-state index >= 15 is 0 Å². The Kier molecular flexibility index (Phi) is 5.59. The molecule has 5 nitrogen and oxygen atoms in total. The van der Waals surface area contributed by atoms with Gasteiger partial charge in [0.1, 0.15) is 0 Å². The highest BCUT2D eigenvalue weighted by Gasteiger charge is 2.37.